The molecule has 0 aliphatic carbocycles. The molecule has 1 atom stereocenters. The Labute approximate surface area is 84.6 Å². The van der Waals surface area contributed by atoms with Gasteiger partial charge in [-0.2, -0.15) is 0 Å². The van der Waals surface area contributed by atoms with Gasteiger partial charge in [0.15, 0.2) is 5.88 Å². The van der Waals surface area contributed by atoms with Crippen LogP contribution in [0.4, 0.5) is 0 Å². The molecule has 14 heavy (non-hydrogen) atoms. The Morgan fingerprint density at radius 2 is 2.36 bits per heavy atom. The van der Waals surface area contributed by atoms with Gasteiger partial charge < -0.3 is 10.1 Å². The highest BCUT2D eigenvalue weighted by molar-refractivity contribution is 5.82. The van der Waals surface area contributed by atoms with Crippen LogP contribution in [0.1, 0.15) is 20.8 Å². The Morgan fingerprint density at radius 1 is 1.57 bits per heavy atom. The number of allylic oxidation sites excluding steroid dienone is 2. The Morgan fingerprint density at radius 3 is 2.93 bits per heavy atom. The molecule has 0 amide bonds. The lowest BCUT2D eigenvalue weighted by Gasteiger charge is -2.16. The van der Waals surface area contributed by atoms with Crippen LogP contribution in [0.5, 0.6) is 0 Å². The molecule has 1 unspecified atom stereocenters. The number of hydrogen-bond donors (Lipinski definition) is 1. The van der Waals surface area contributed by atoms with Crippen molar-refractivity contribution in [3.63, 3.8) is 0 Å². The molecule has 0 aromatic carbocycles. The van der Waals surface area contributed by atoms with Crippen molar-refractivity contribution in [2.75, 3.05) is 6.61 Å². The quantitative estimate of drug-likeness (QED) is 0.635. The van der Waals surface area contributed by atoms with Gasteiger partial charge in [0.2, 0.25) is 0 Å². The minimum Gasteiger partial charge on any atom is -0.476 e. The molecule has 0 aromatic rings. The second-order valence-corrected chi connectivity index (χ2v) is 4.49. The fourth-order valence-electron chi connectivity index (χ4n) is 1.58. The van der Waals surface area contributed by atoms with Gasteiger partial charge in [0.25, 0.3) is 0 Å². The maximum atomic E-state index is 5.62. The van der Waals surface area contributed by atoms with Gasteiger partial charge >= 0.3 is 0 Å². The molecular weight excluding hydrogens is 176 g/mol. The van der Waals surface area contributed by atoms with Crippen LogP contribution in [0.3, 0.4) is 0 Å². The highest BCUT2D eigenvalue weighted by Gasteiger charge is 2.30. The SMILES string of the molecule is CC1C=CN=C/C1=C1/NC(C)(C)CO1. The third-order valence-electron chi connectivity index (χ3n) is 2.46. The number of rotatable bonds is 0. The lowest BCUT2D eigenvalue weighted by Crippen LogP contribution is -2.34. The fourth-order valence-corrected chi connectivity index (χ4v) is 1.58. The summed E-state index contributed by atoms with van der Waals surface area (Å²) in [5, 5.41) is 3.36. The first-order valence-corrected chi connectivity index (χ1v) is 4.93. The van der Waals surface area contributed by atoms with Crippen molar-refractivity contribution in [1.29, 1.82) is 0 Å². The monoisotopic (exact) mass is 192 g/mol. The summed E-state index contributed by atoms with van der Waals surface area (Å²) in [6.45, 7) is 7.11. The Bertz CT molecular complexity index is 326. The zero-order valence-corrected chi connectivity index (χ0v) is 8.87. The zero-order valence-electron chi connectivity index (χ0n) is 8.87. The van der Waals surface area contributed by atoms with Gasteiger partial charge in [0.1, 0.15) is 6.61 Å². The van der Waals surface area contributed by atoms with Gasteiger partial charge in [-0.15, -0.1) is 0 Å². The largest absolute Gasteiger partial charge is 0.476 e. The molecular formula is C11H16N2O. The summed E-state index contributed by atoms with van der Waals surface area (Å²) in [4.78, 5) is 4.12. The molecule has 2 aliphatic rings. The van der Waals surface area contributed by atoms with Crippen LogP contribution in [0.15, 0.2) is 28.7 Å². The predicted molar refractivity (Wildman–Crippen MR) is 57.0 cm³/mol. The summed E-state index contributed by atoms with van der Waals surface area (Å²) in [6.07, 6.45) is 5.77. The summed E-state index contributed by atoms with van der Waals surface area (Å²) in [7, 11) is 0. The molecule has 1 saturated heterocycles. The van der Waals surface area contributed by atoms with Crippen LogP contribution in [0.25, 0.3) is 0 Å². The topological polar surface area (TPSA) is 33.6 Å². The number of hydrogen-bond acceptors (Lipinski definition) is 3. The molecule has 76 valence electrons. The molecule has 0 aromatic heterocycles. The average Bonchev–Trinajstić information content (AvgIpc) is 2.47. The smallest absolute Gasteiger partial charge is 0.192 e. The van der Waals surface area contributed by atoms with Gasteiger partial charge in [-0.05, 0) is 13.8 Å². The van der Waals surface area contributed by atoms with E-state index in [9.17, 15) is 0 Å². The lowest BCUT2D eigenvalue weighted by atomic mass is 10.0. The molecule has 0 saturated carbocycles. The van der Waals surface area contributed by atoms with Crippen molar-refractivity contribution in [1.82, 2.24) is 5.32 Å². The number of nitrogens with one attached hydrogen (secondary N) is 1. The van der Waals surface area contributed by atoms with Gasteiger partial charge in [0.05, 0.1) is 5.54 Å². The summed E-state index contributed by atoms with van der Waals surface area (Å²) in [5.41, 5.74) is 1.18. The molecule has 3 nitrogen and oxygen atoms in total. The van der Waals surface area contributed by atoms with Crippen LogP contribution >= 0.6 is 0 Å². The van der Waals surface area contributed by atoms with E-state index < -0.39 is 0 Å². The first kappa shape index (κ1) is 9.31. The van der Waals surface area contributed by atoms with E-state index >= 15 is 0 Å². The highest BCUT2D eigenvalue weighted by atomic mass is 16.5. The van der Waals surface area contributed by atoms with Crippen molar-refractivity contribution >= 4 is 6.21 Å². The van der Waals surface area contributed by atoms with E-state index in [1.54, 1.807) is 0 Å². The molecule has 1 fully saturated rings. The van der Waals surface area contributed by atoms with Crippen molar-refractivity contribution in [3.8, 4) is 0 Å². The van der Waals surface area contributed by atoms with E-state index in [0.29, 0.717) is 5.92 Å². The standard InChI is InChI=1S/C11H16N2O/c1-8-4-5-12-6-9(8)10-13-11(2,3)7-14-10/h4-6,8,13H,7H2,1-3H3/b10-9+. The number of nitrogens with zero attached hydrogens (tertiary/aromatic N) is 1. The molecule has 0 spiro atoms. The number of aliphatic imine (C=N–C) groups is 1. The second-order valence-electron chi connectivity index (χ2n) is 4.49. The average molecular weight is 192 g/mol. The van der Waals surface area contributed by atoms with Crippen LogP contribution in [0, 0.1) is 5.92 Å². The lowest BCUT2D eigenvalue weighted by molar-refractivity contribution is 0.234. The minimum absolute atomic E-state index is 0.0387. The third-order valence-corrected chi connectivity index (χ3v) is 2.46. The normalized spacial score (nSPS) is 34.1. The summed E-state index contributed by atoms with van der Waals surface area (Å²) in [6, 6.07) is 0. The predicted octanol–water partition coefficient (Wildman–Crippen LogP) is 1.83. The van der Waals surface area contributed by atoms with E-state index in [1.807, 2.05) is 12.4 Å². The molecule has 2 rings (SSSR count). The van der Waals surface area contributed by atoms with E-state index in [4.69, 9.17) is 4.74 Å². The summed E-state index contributed by atoms with van der Waals surface area (Å²) < 4.78 is 5.62. The van der Waals surface area contributed by atoms with E-state index in [1.165, 1.54) is 0 Å². The summed E-state index contributed by atoms with van der Waals surface area (Å²) >= 11 is 0. The Kier molecular flexibility index (Phi) is 2.10. The maximum absolute atomic E-state index is 5.62. The third kappa shape index (κ3) is 1.67. The second kappa shape index (κ2) is 3.15. The van der Waals surface area contributed by atoms with Gasteiger partial charge in [-0.1, -0.05) is 13.0 Å². The van der Waals surface area contributed by atoms with Crippen LogP contribution in [-0.2, 0) is 4.74 Å². The zero-order chi connectivity index (χ0) is 10.2. The molecule has 2 heterocycles. The first-order valence-electron chi connectivity index (χ1n) is 4.93. The van der Waals surface area contributed by atoms with Crippen LogP contribution < -0.4 is 5.32 Å². The molecule has 0 radical (unpaired) electrons. The van der Waals surface area contributed by atoms with Gasteiger partial charge in [-0.25, -0.2) is 0 Å². The molecule has 2 aliphatic heterocycles. The maximum Gasteiger partial charge on any atom is 0.192 e. The molecule has 1 N–H and O–H groups in total. The Balaban J connectivity index is 2.25. The van der Waals surface area contributed by atoms with E-state index in [-0.39, 0.29) is 5.54 Å². The van der Waals surface area contributed by atoms with Gasteiger partial charge in [0, 0.05) is 23.9 Å². The van der Waals surface area contributed by atoms with Crippen molar-refractivity contribution in [2.45, 2.75) is 26.3 Å². The van der Waals surface area contributed by atoms with Crippen molar-refractivity contribution in [3.05, 3.63) is 23.7 Å². The minimum atomic E-state index is 0.0387. The Hall–Kier alpha value is -1.25. The molecule has 3 heteroatoms. The van der Waals surface area contributed by atoms with Gasteiger partial charge in [-0.3, -0.25) is 4.99 Å². The molecule has 0 bridgehead atoms. The van der Waals surface area contributed by atoms with E-state index in [2.05, 4.69) is 37.2 Å². The van der Waals surface area contributed by atoms with E-state index in [0.717, 1.165) is 18.1 Å². The number of ether oxygens (including phenoxy) is 1. The van der Waals surface area contributed by atoms with Crippen molar-refractivity contribution < 1.29 is 4.74 Å². The first-order chi connectivity index (χ1) is 6.58. The summed E-state index contributed by atoms with van der Waals surface area (Å²) in [5.74, 6) is 1.26. The highest BCUT2D eigenvalue weighted by Crippen LogP contribution is 2.24. The van der Waals surface area contributed by atoms with Crippen LogP contribution in [0.2, 0.25) is 0 Å². The van der Waals surface area contributed by atoms with Crippen molar-refractivity contribution in [2.24, 2.45) is 10.9 Å². The fraction of sp³-hybridized carbons (Fsp3) is 0.545. The van der Waals surface area contributed by atoms with Crippen LogP contribution in [-0.4, -0.2) is 18.4 Å².